The van der Waals surface area contributed by atoms with E-state index >= 15 is 0 Å². The fourth-order valence-corrected chi connectivity index (χ4v) is 2.77. The fraction of sp³-hybridized carbons (Fsp3) is 1.00. The maximum atomic E-state index is 10.4. The topological polar surface area (TPSA) is 185 Å². The molecule has 1 aliphatic rings. The quantitative estimate of drug-likeness (QED) is 0.435. The van der Waals surface area contributed by atoms with Crippen molar-refractivity contribution in [2.45, 2.75) is 6.42 Å². The van der Waals surface area contributed by atoms with Crippen molar-refractivity contribution >= 4 is 30.9 Å². The van der Waals surface area contributed by atoms with Gasteiger partial charge < -0.3 is 4.74 Å². The minimum Gasteiger partial charge on any atom is -0.379 e. The Kier molecular flexibility index (Phi) is 8.88. The molecule has 1 saturated heterocycles. The molecule has 0 aliphatic carbocycles. The second-order valence-electron chi connectivity index (χ2n) is 4.02. The molecule has 0 radical (unpaired) electrons. The van der Waals surface area contributed by atoms with Crippen LogP contribution < -0.4 is 0 Å². The molecule has 12 nitrogen and oxygen atoms in total. The lowest BCUT2D eigenvalue weighted by Gasteiger charge is -2.26. The Bertz CT molecular complexity index is 587. The number of morpholine rings is 1. The fourth-order valence-electron chi connectivity index (χ4n) is 1.40. The van der Waals surface area contributed by atoms with Gasteiger partial charge in [0.1, 0.15) is 0 Å². The first-order chi connectivity index (χ1) is 9.79. The van der Waals surface area contributed by atoms with Gasteiger partial charge in [0.15, 0.2) is 0 Å². The van der Waals surface area contributed by atoms with Crippen LogP contribution in [-0.2, 0) is 39.3 Å². The molecular weight excluding hydrogens is 370 g/mol. The summed E-state index contributed by atoms with van der Waals surface area (Å²) in [4.78, 5) is 2.13. The summed E-state index contributed by atoms with van der Waals surface area (Å²) in [6.45, 7) is 3.85. The Morgan fingerprint density at radius 3 is 1.68 bits per heavy atom. The molecule has 0 bridgehead atoms. The van der Waals surface area contributed by atoms with Crippen LogP contribution in [0.2, 0.25) is 0 Å². The molecule has 0 spiro atoms. The number of hydrogen-bond donors (Lipinski definition) is 3. The van der Waals surface area contributed by atoms with Gasteiger partial charge in [-0.05, 0) is 13.0 Å². The maximum Gasteiger partial charge on any atom is 0.413 e. The molecule has 1 rings (SSSR count). The van der Waals surface area contributed by atoms with Crippen molar-refractivity contribution in [1.29, 1.82) is 0 Å². The predicted molar refractivity (Wildman–Crippen MR) is 72.5 cm³/mol. The third-order valence-electron chi connectivity index (χ3n) is 2.15. The third kappa shape index (κ3) is 16.0. The van der Waals surface area contributed by atoms with E-state index in [-0.39, 0.29) is 5.75 Å². The largest absolute Gasteiger partial charge is 0.413 e. The zero-order chi connectivity index (χ0) is 17.4. The molecule has 0 aromatic heterocycles. The minimum atomic E-state index is -5.12. The molecule has 0 amide bonds. The standard InChI is InChI=1S/C7H15NO4S.H2O7S2/c9-13(10,11)7-1-2-8-3-5-12-6-4-8;1-8(2,3)7-9(4,5)6/h1-7H2,(H,9,10,11);(H,1,2,3)(H,4,5,6). The molecule has 134 valence electrons. The van der Waals surface area contributed by atoms with E-state index in [1.165, 1.54) is 0 Å². The van der Waals surface area contributed by atoms with E-state index < -0.39 is 30.9 Å². The lowest BCUT2D eigenvalue weighted by Crippen LogP contribution is -2.37. The summed E-state index contributed by atoms with van der Waals surface area (Å²) in [5.41, 5.74) is 0. The molecule has 3 N–H and O–H groups in total. The molecular formula is C7H17NO11S3. The van der Waals surface area contributed by atoms with Crippen molar-refractivity contribution in [3.63, 3.8) is 0 Å². The van der Waals surface area contributed by atoms with Crippen LogP contribution in [0.25, 0.3) is 0 Å². The van der Waals surface area contributed by atoms with E-state index in [1.807, 2.05) is 0 Å². The first-order valence-corrected chi connectivity index (χ1v) is 10.0. The van der Waals surface area contributed by atoms with Crippen LogP contribution in [0.1, 0.15) is 6.42 Å². The number of nitrogens with zero attached hydrogens (tertiary/aromatic N) is 1. The second kappa shape index (κ2) is 9.04. The molecule has 0 saturated carbocycles. The highest BCUT2D eigenvalue weighted by atomic mass is 32.3. The molecule has 22 heavy (non-hydrogen) atoms. The lowest BCUT2D eigenvalue weighted by molar-refractivity contribution is 0.0380. The van der Waals surface area contributed by atoms with Crippen molar-refractivity contribution in [2.75, 3.05) is 38.6 Å². The average Bonchev–Trinajstić information content (AvgIpc) is 2.24. The first kappa shape index (κ1) is 21.6. The van der Waals surface area contributed by atoms with Crippen LogP contribution in [0.4, 0.5) is 0 Å². The van der Waals surface area contributed by atoms with Gasteiger partial charge >= 0.3 is 20.8 Å². The Balaban J connectivity index is 0.000000433. The van der Waals surface area contributed by atoms with Gasteiger partial charge in [0.2, 0.25) is 0 Å². The van der Waals surface area contributed by atoms with E-state index in [1.54, 1.807) is 0 Å². The van der Waals surface area contributed by atoms with E-state index in [0.717, 1.165) is 13.1 Å². The number of rotatable bonds is 6. The molecule has 1 aliphatic heterocycles. The highest BCUT2D eigenvalue weighted by molar-refractivity contribution is 7.94. The average molecular weight is 387 g/mol. The molecule has 0 unspecified atom stereocenters. The van der Waals surface area contributed by atoms with E-state index in [9.17, 15) is 25.3 Å². The van der Waals surface area contributed by atoms with Gasteiger partial charge in [-0.3, -0.25) is 18.6 Å². The zero-order valence-corrected chi connectivity index (χ0v) is 13.7. The van der Waals surface area contributed by atoms with Crippen LogP contribution in [0.15, 0.2) is 0 Å². The molecule has 15 heteroatoms. The van der Waals surface area contributed by atoms with E-state index in [0.29, 0.717) is 26.2 Å². The summed E-state index contributed by atoms with van der Waals surface area (Å²) in [6, 6.07) is 0. The smallest absolute Gasteiger partial charge is 0.379 e. The maximum absolute atomic E-state index is 10.4. The van der Waals surface area contributed by atoms with Gasteiger partial charge in [-0.15, -0.1) is 3.63 Å². The van der Waals surface area contributed by atoms with Crippen molar-refractivity contribution in [3.05, 3.63) is 0 Å². The predicted octanol–water partition coefficient (Wildman–Crippen LogP) is -1.79. The molecule has 0 aromatic rings. The SMILES string of the molecule is O=S(=O)(O)CCCN1CCOCC1.O=S(=O)(O)OS(=O)(=O)O. The highest BCUT2D eigenvalue weighted by Gasteiger charge is 2.15. The summed E-state index contributed by atoms with van der Waals surface area (Å²) in [7, 11) is -14.0. The van der Waals surface area contributed by atoms with Gasteiger partial charge in [-0.2, -0.15) is 25.3 Å². The van der Waals surface area contributed by atoms with E-state index in [4.69, 9.17) is 18.4 Å². The van der Waals surface area contributed by atoms with Crippen LogP contribution >= 0.6 is 0 Å². The van der Waals surface area contributed by atoms with Crippen molar-refractivity contribution in [2.24, 2.45) is 0 Å². The van der Waals surface area contributed by atoms with Crippen molar-refractivity contribution in [1.82, 2.24) is 4.90 Å². The van der Waals surface area contributed by atoms with Crippen LogP contribution in [0.5, 0.6) is 0 Å². The third-order valence-corrected chi connectivity index (χ3v) is 4.33. The molecule has 1 heterocycles. The summed E-state index contributed by atoms with van der Waals surface area (Å²) >= 11 is 0. The van der Waals surface area contributed by atoms with Gasteiger partial charge in [-0.1, -0.05) is 0 Å². The molecule has 0 atom stereocenters. The summed E-state index contributed by atoms with van der Waals surface area (Å²) in [5.74, 6) is -0.148. The van der Waals surface area contributed by atoms with Gasteiger partial charge in [0.05, 0.1) is 19.0 Å². The summed E-state index contributed by atoms with van der Waals surface area (Å²) in [5, 5.41) is 0. The Hall–Kier alpha value is -0.390. The monoisotopic (exact) mass is 387 g/mol. The van der Waals surface area contributed by atoms with Crippen LogP contribution in [0.3, 0.4) is 0 Å². The zero-order valence-electron chi connectivity index (χ0n) is 11.2. The van der Waals surface area contributed by atoms with Gasteiger partial charge in [0.25, 0.3) is 10.1 Å². The first-order valence-electron chi connectivity index (χ1n) is 5.70. The lowest BCUT2D eigenvalue weighted by atomic mass is 10.4. The number of ether oxygens (including phenoxy) is 1. The summed E-state index contributed by atoms with van der Waals surface area (Å²) < 4.78 is 90.0. The number of hydrogen-bond acceptors (Lipinski definition) is 9. The van der Waals surface area contributed by atoms with E-state index in [2.05, 4.69) is 8.53 Å². The molecule has 1 fully saturated rings. The Morgan fingerprint density at radius 1 is 0.909 bits per heavy atom. The van der Waals surface area contributed by atoms with Gasteiger partial charge in [-0.25, -0.2) is 0 Å². The molecule has 0 aromatic carbocycles. The van der Waals surface area contributed by atoms with Crippen LogP contribution in [-0.4, -0.2) is 82.4 Å². The Morgan fingerprint density at radius 2 is 1.36 bits per heavy atom. The normalized spacial score (nSPS) is 17.6. The Labute approximate surface area is 128 Å². The highest BCUT2D eigenvalue weighted by Crippen LogP contribution is 1.99. The minimum absolute atomic E-state index is 0.148. The van der Waals surface area contributed by atoms with Crippen molar-refractivity contribution in [3.8, 4) is 0 Å². The van der Waals surface area contributed by atoms with Gasteiger partial charge in [0, 0.05) is 13.1 Å². The summed E-state index contributed by atoms with van der Waals surface area (Å²) in [6.07, 6.45) is 0.485. The second-order valence-corrected chi connectivity index (χ2v) is 7.84. The van der Waals surface area contributed by atoms with Crippen molar-refractivity contribution < 1.29 is 47.3 Å². The van der Waals surface area contributed by atoms with Crippen LogP contribution in [0, 0.1) is 0 Å².